The monoisotopic (exact) mass is 500 g/mol. The molecule has 8 nitrogen and oxygen atoms in total. The van der Waals surface area contributed by atoms with Gasteiger partial charge in [-0.2, -0.15) is 0 Å². The molecule has 0 radical (unpaired) electrons. The summed E-state index contributed by atoms with van der Waals surface area (Å²) in [5, 5.41) is 12.1. The third-order valence-corrected chi connectivity index (χ3v) is 6.22. The van der Waals surface area contributed by atoms with Gasteiger partial charge in [-0.3, -0.25) is 14.6 Å². The molecule has 0 aromatic heterocycles. The Morgan fingerprint density at radius 3 is 1.63 bits per heavy atom. The number of aliphatic carboxylic acids is 1. The van der Waals surface area contributed by atoms with Crippen molar-refractivity contribution in [1.82, 2.24) is 5.32 Å². The van der Waals surface area contributed by atoms with Crippen molar-refractivity contribution in [2.45, 2.75) is 91.9 Å². The molecule has 0 rings (SSSR count). The predicted octanol–water partition coefficient (Wildman–Crippen LogP) is 4.89. The smallest absolute Gasteiger partial charge is 0.309 e. The van der Waals surface area contributed by atoms with Gasteiger partial charge in [-0.25, -0.2) is 0 Å². The van der Waals surface area contributed by atoms with E-state index in [1.807, 2.05) is 13.8 Å². The van der Waals surface area contributed by atoms with Gasteiger partial charge in [0, 0.05) is 12.0 Å². The summed E-state index contributed by atoms with van der Waals surface area (Å²) in [6.45, 7) is 15.2. The van der Waals surface area contributed by atoms with E-state index in [2.05, 4.69) is 17.0 Å². The van der Waals surface area contributed by atoms with Crippen molar-refractivity contribution < 1.29 is 28.9 Å². The van der Waals surface area contributed by atoms with Crippen molar-refractivity contribution in [3.63, 3.8) is 0 Å². The van der Waals surface area contributed by atoms with Crippen LogP contribution in [0.25, 0.3) is 0 Å². The largest absolute Gasteiger partial charge is 0.481 e. The number of nitrogens with zero attached hydrogens (tertiary/aromatic N) is 1. The molecule has 0 bridgehead atoms. The van der Waals surface area contributed by atoms with Crippen molar-refractivity contribution in [2.75, 3.05) is 52.7 Å². The van der Waals surface area contributed by atoms with Crippen molar-refractivity contribution in [1.29, 1.82) is 0 Å². The molecule has 0 atom stereocenters. The summed E-state index contributed by atoms with van der Waals surface area (Å²) in [5.74, 6) is -0.632. The molecule has 0 saturated heterocycles. The molecule has 8 heteroatoms. The Morgan fingerprint density at radius 2 is 1.14 bits per heavy atom. The summed E-state index contributed by atoms with van der Waals surface area (Å²) in [5.41, 5.74) is -0.984. The lowest BCUT2D eigenvalue weighted by Gasteiger charge is -2.23. The Kier molecular flexibility index (Phi) is 19.8. The SMILES string of the molecule is C=NCCOCCOCCOCCNC(=O)C(C)(C)CCCCCCCCCCC(C)(C)C(=O)O. The minimum absolute atomic E-state index is 0.0767. The van der Waals surface area contributed by atoms with Crippen LogP contribution in [0.15, 0.2) is 4.99 Å². The van der Waals surface area contributed by atoms with Crippen LogP contribution in [0.2, 0.25) is 0 Å². The van der Waals surface area contributed by atoms with E-state index in [-0.39, 0.29) is 11.3 Å². The molecule has 0 saturated carbocycles. The van der Waals surface area contributed by atoms with Crippen LogP contribution in [-0.2, 0) is 23.8 Å². The molecule has 35 heavy (non-hydrogen) atoms. The summed E-state index contributed by atoms with van der Waals surface area (Å²) < 4.78 is 16.2. The van der Waals surface area contributed by atoms with Crippen LogP contribution >= 0.6 is 0 Å². The van der Waals surface area contributed by atoms with Crippen LogP contribution in [0.3, 0.4) is 0 Å². The highest BCUT2D eigenvalue weighted by Gasteiger charge is 2.27. The second-order valence-electron chi connectivity index (χ2n) is 10.4. The third-order valence-electron chi connectivity index (χ3n) is 6.22. The molecule has 1 amide bonds. The van der Waals surface area contributed by atoms with E-state index in [0.717, 1.165) is 38.5 Å². The molecule has 2 N–H and O–H groups in total. The second kappa shape index (κ2) is 20.7. The molecule has 0 aromatic carbocycles. The van der Waals surface area contributed by atoms with Crippen LogP contribution in [0, 0.1) is 10.8 Å². The van der Waals surface area contributed by atoms with E-state index in [9.17, 15) is 9.59 Å². The quantitative estimate of drug-likeness (QED) is 0.137. The lowest BCUT2D eigenvalue weighted by Crippen LogP contribution is -2.38. The molecular formula is C27H52N2O6. The topological polar surface area (TPSA) is 106 Å². The number of hydrogen-bond donors (Lipinski definition) is 2. The van der Waals surface area contributed by atoms with Crippen molar-refractivity contribution in [3.05, 3.63) is 0 Å². The average Bonchev–Trinajstić information content (AvgIpc) is 2.80. The molecule has 0 aliphatic carbocycles. The van der Waals surface area contributed by atoms with E-state index in [0.29, 0.717) is 52.7 Å². The van der Waals surface area contributed by atoms with Gasteiger partial charge in [0.05, 0.1) is 51.6 Å². The predicted molar refractivity (Wildman–Crippen MR) is 141 cm³/mol. The van der Waals surface area contributed by atoms with Gasteiger partial charge in [-0.1, -0.05) is 65.2 Å². The highest BCUT2D eigenvalue weighted by atomic mass is 16.5. The molecule has 0 aliphatic heterocycles. The highest BCUT2D eigenvalue weighted by Crippen LogP contribution is 2.25. The fourth-order valence-corrected chi connectivity index (χ4v) is 3.56. The van der Waals surface area contributed by atoms with Gasteiger partial charge in [0.2, 0.25) is 5.91 Å². The first-order valence-electron chi connectivity index (χ1n) is 13.3. The normalized spacial score (nSPS) is 12.0. The van der Waals surface area contributed by atoms with E-state index < -0.39 is 11.4 Å². The van der Waals surface area contributed by atoms with Gasteiger partial charge in [-0.05, 0) is 33.4 Å². The third kappa shape index (κ3) is 19.4. The summed E-state index contributed by atoms with van der Waals surface area (Å²) in [6, 6.07) is 0. The number of aliphatic imine (C=N–C) groups is 1. The van der Waals surface area contributed by atoms with Gasteiger partial charge in [-0.15, -0.1) is 0 Å². The summed E-state index contributed by atoms with van der Waals surface area (Å²) in [4.78, 5) is 27.3. The fourth-order valence-electron chi connectivity index (χ4n) is 3.56. The number of nitrogens with one attached hydrogen (secondary N) is 1. The van der Waals surface area contributed by atoms with Crippen LogP contribution in [0.4, 0.5) is 0 Å². The van der Waals surface area contributed by atoms with Crippen LogP contribution in [-0.4, -0.2) is 76.4 Å². The number of rotatable bonds is 25. The molecule has 0 aliphatic rings. The van der Waals surface area contributed by atoms with Crippen LogP contribution in [0.1, 0.15) is 91.9 Å². The first-order valence-corrected chi connectivity index (χ1v) is 13.3. The first kappa shape index (κ1) is 33.5. The van der Waals surface area contributed by atoms with Gasteiger partial charge < -0.3 is 24.6 Å². The first-order chi connectivity index (χ1) is 16.6. The molecule has 0 spiro atoms. The average molecular weight is 501 g/mol. The zero-order valence-electron chi connectivity index (χ0n) is 22.9. The molecule has 0 unspecified atom stereocenters. The molecular weight excluding hydrogens is 448 g/mol. The molecule has 0 fully saturated rings. The summed E-state index contributed by atoms with van der Waals surface area (Å²) in [7, 11) is 0. The summed E-state index contributed by atoms with van der Waals surface area (Å²) in [6.07, 6.45) is 10.6. The summed E-state index contributed by atoms with van der Waals surface area (Å²) >= 11 is 0. The minimum Gasteiger partial charge on any atom is -0.481 e. The number of carbonyl (C=O) groups excluding carboxylic acids is 1. The zero-order chi connectivity index (χ0) is 26.4. The number of unbranched alkanes of at least 4 members (excludes halogenated alkanes) is 7. The Bertz CT molecular complexity index is 566. The van der Waals surface area contributed by atoms with Gasteiger partial charge >= 0.3 is 5.97 Å². The molecule has 206 valence electrons. The van der Waals surface area contributed by atoms with Gasteiger partial charge in [0.15, 0.2) is 0 Å². The van der Waals surface area contributed by atoms with Gasteiger partial charge in [0.25, 0.3) is 0 Å². The Hall–Kier alpha value is -1.51. The van der Waals surface area contributed by atoms with Gasteiger partial charge in [0.1, 0.15) is 0 Å². The zero-order valence-corrected chi connectivity index (χ0v) is 22.9. The lowest BCUT2D eigenvalue weighted by molar-refractivity contribution is -0.147. The van der Waals surface area contributed by atoms with E-state index in [1.54, 1.807) is 13.8 Å². The lowest BCUT2D eigenvalue weighted by atomic mass is 9.85. The van der Waals surface area contributed by atoms with E-state index in [1.165, 1.54) is 25.7 Å². The Balaban J connectivity index is 3.57. The maximum absolute atomic E-state index is 12.5. The van der Waals surface area contributed by atoms with E-state index >= 15 is 0 Å². The number of amides is 1. The number of carbonyl (C=O) groups is 2. The van der Waals surface area contributed by atoms with Crippen molar-refractivity contribution >= 4 is 18.6 Å². The second-order valence-corrected chi connectivity index (χ2v) is 10.4. The molecule has 0 aromatic rings. The fraction of sp³-hybridized carbons (Fsp3) is 0.889. The Morgan fingerprint density at radius 1 is 0.714 bits per heavy atom. The number of hydrogen-bond acceptors (Lipinski definition) is 6. The standard InChI is InChI=1S/C27H52N2O6/c1-26(2,14-12-10-8-6-7-9-11-13-15-27(3,4)25(31)32)24(30)29-17-19-34-21-23-35-22-20-33-18-16-28-5/h5-23H2,1-4H3,(H,29,30)(H,31,32). The van der Waals surface area contributed by atoms with Crippen molar-refractivity contribution in [3.8, 4) is 0 Å². The number of ether oxygens (including phenoxy) is 3. The van der Waals surface area contributed by atoms with Crippen LogP contribution < -0.4 is 5.32 Å². The minimum atomic E-state index is -0.709. The maximum Gasteiger partial charge on any atom is 0.309 e. The van der Waals surface area contributed by atoms with Crippen LogP contribution in [0.5, 0.6) is 0 Å². The number of carboxylic acid groups (broad SMARTS) is 1. The molecule has 0 heterocycles. The van der Waals surface area contributed by atoms with Crippen molar-refractivity contribution in [2.24, 2.45) is 15.8 Å². The maximum atomic E-state index is 12.5. The Labute approximate surface area is 213 Å². The number of carboxylic acids is 1. The highest BCUT2D eigenvalue weighted by molar-refractivity contribution is 5.81. The van der Waals surface area contributed by atoms with E-state index in [4.69, 9.17) is 19.3 Å².